The predicted molar refractivity (Wildman–Crippen MR) is 89.5 cm³/mol. The minimum atomic E-state index is -1.10. The summed E-state index contributed by atoms with van der Waals surface area (Å²) in [5.41, 5.74) is -0.0476. The van der Waals surface area contributed by atoms with Gasteiger partial charge in [-0.15, -0.1) is 0 Å². The molecular weight excluding hydrogens is 352 g/mol. The molecule has 1 aromatic carbocycles. The molecular formula is C17H20ClF2N3O2. The van der Waals surface area contributed by atoms with Crippen molar-refractivity contribution in [1.29, 1.82) is 0 Å². The molecule has 0 spiro atoms. The monoisotopic (exact) mass is 371 g/mol. The summed E-state index contributed by atoms with van der Waals surface area (Å²) in [5.74, 6) is -2.61. The van der Waals surface area contributed by atoms with Crippen LogP contribution in [0.4, 0.5) is 8.78 Å². The molecule has 1 aliphatic carbocycles. The van der Waals surface area contributed by atoms with Crippen molar-refractivity contribution in [2.45, 2.75) is 31.8 Å². The molecule has 1 unspecified atom stereocenters. The van der Waals surface area contributed by atoms with E-state index in [4.69, 9.17) is 11.6 Å². The van der Waals surface area contributed by atoms with Crippen molar-refractivity contribution >= 4 is 23.4 Å². The minimum Gasteiger partial charge on any atom is -0.352 e. The van der Waals surface area contributed by atoms with Crippen molar-refractivity contribution in [3.05, 3.63) is 34.4 Å². The van der Waals surface area contributed by atoms with Gasteiger partial charge in [-0.3, -0.25) is 14.5 Å². The number of carbonyl (C=O) groups is 2. The summed E-state index contributed by atoms with van der Waals surface area (Å²) >= 11 is 5.87. The van der Waals surface area contributed by atoms with Crippen LogP contribution in [0.5, 0.6) is 0 Å². The van der Waals surface area contributed by atoms with Gasteiger partial charge in [0.15, 0.2) is 11.6 Å². The third-order valence-electron chi connectivity index (χ3n) is 4.69. The van der Waals surface area contributed by atoms with Crippen molar-refractivity contribution in [3.8, 4) is 0 Å². The molecule has 1 aliphatic heterocycles. The number of nitrogens with zero attached hydrogens (tertiary/aromatic N) is 2. The van der Waals surface area contributed by atoms with Gasteiger partial charge in [0.1, 0.15) is 0 Å². The van der Waals surface area contributed by atoms with Crippen LogP contribution in [0.25, 0.3) is 0 Å². The largest absolute Gasteiger partial charge is 0.352 e. The zero-order chi connectivity index (χ0) is 18.1. The van der Waals surface area contributed by atoms with Crippen LogP contribution in [0.3, 0.4) is 0 Å². The van der Waals surface area contributed by atoms with Gasteiger partial charge < -0.3 is 10.2 Å². The normalized spacial score (nSPS) is 19.6. The van der Waals surface area contributed by atoms with E-state index < -0.39 is 17.5 Å². The highest BCUT2D eigenvalue weighted by atomic mass is 35.5. The molecule has 0 radical (unpaired) electrons. The summed E-state index contributed by atoms with van der Waals surface area (Å²) in [7, 11) is 0. The Kier molecular flexibility index (Phi) is 5.24. The summed E-state index contributed by atoms with van der Waals surface area (Å²) in [4.78, 5) is 28.2. The van der Waals surface area contributed by atoms with Crippen molar-refractivity contribution in [2.24, 2.45) is 0 Å². The van der Waals surface area contributed by atoms with Crippen LogP contribution >= 0.6 is 11.6 Å². The molecule has 1 saturated carbocycles. The lowest BCUT2D eigenvalue weighted by atomic mass is 10.1. The van der Waals surface area contributed by atoms with Crippen LogP contribution in [-0.2, 0) is 4.79 Å². The van der Waals surface area contributed by atoms with E-state index in [9.17, 15) is 18.4 Å². The molecule has 136 valence electrons. The molecule has 25 heavy (non-hydrogen) atoms. The lowest BCUT2D eigenvalue weighted by Gasteiger charge is -2.37. The number of amides is 2. The number of carbonyl (C=O) groups excluding carboxylic acids is 2. The topological polar surface area (TPSA) is 52.7 Å². The van der Waals surface area contributed by atoms with Crippen LogP contribution in [0.2, 0.25) is 5.02 Å². The number of hydrogen-bond donors (Lipinski definition) is 1. The minimum absolute atomic E-state index is 0.00549. The number of halogens is 3. The fourth-order valence-corrected chi connectivity index (χ4v) is 3.12. The van der Waals surface area contributed by atoms with Crippen molar-refractivity contribution in [2.75, 3.05) is 26.2 Å². The van der Waals surface area contributed by atoms with Gasteiger partial charge in [-0.1, -0.05) is 11.6 Å². The Hall–Kier alpha value is -1.73. The van der Waals surface area contributed by atoms with E-state index in [1.54, 1.807) is 4.90 Å². The number of rotatable bonds is 4. The van der Waals surface area contributed by atoms with Crippen LogP contribution in [0, 0.1) is 11.6 Å². The number of piperazine rings is 1. The van der Waals surface area contributed by atoms with Gasteiger partial charge in [0.25, 0.3) is 5.91 Å². The lowest BCUT2D eigenvalue weighted by Crippen LogP contribution is -2.55. The third-order valence-corrected chi connectivity index (χ3v) is 5.01. The smallest absolute Gasteiger partial charge is 0.255 e. The highest BCUT2D eigenvalue weighted by molar-refractivity contribution is 6.33. The molecule has 1 atom stereocenters. The fraction of sp³-hybridized carbons (Fsp3) is 0.529. The predicted octanol–water partition coefficient (Wildman–Crippen LogP) is 2.04. The lowest BCUT2D eigenvalue weighted by molar-refractivity contribution is -0.126. The molecule has 3 rings (SSSR count). The molecule has 1 heterocycles. The Bertz CT molecular complexity index is 689. The molecule has 0 aromatic heterocycles. The first-order chi connectivity index (χ1) is 11.9. The Labute approximate surface area is 149 Å². The van der Waals surface area contributed by atoms with E-state index in [-0.39, 0.29) is 22.5 Å². The maximum absolute atomic E-state index is 13.4. The average Bonchev–Trinajstić information content (AvgIpc) is 3.41. The van der Waals surface area contributed by atoms with Crippen LogP contribution in [-0.4, -0.2) is 59.9 Å². The quantitative estimate of drug-likeness (QED) is 0.824. The standard InChI is InChI=1S/C17H20ClF2N3O2/c1-10(16(24)21-11-2-3-11)22-4-6-23(7-5-22)17(25)12-8-14(19)15(20)9-13(12)18/h8-11H,2-7H2,1H3,(H,21,24). The second-order valence-corrected chi connectivity index (χ2v) is 6.94. The Morgan fingerprint density at radius 2 is 1.76 bits per heavy atom. The van der Waals surface area contributed by atoms with Gasteiger partial charge in [-0.05, 0) is 31.9 Å². The van der Waals surface area contributed by atoms with Gasteiger partial charge in [-0.25, -0.2) is 8.78 Å². The molecule has 2 amide bonds. The van der Waals surface area contributed by atoms with E-state index in [0.717, 1.165) is 25.0 Å². The molecule has 1 N–H and O–H groups in total. The maximum atomic E-state index is 13.4. The van der Waals surface area contributed by atoms with Gasteiger partial charge in [-0.2, -0.15) is 0 Å². The molecule has 2 fully saturated rings. The second-order valence-electron chi connectivity index (χ2n) is 6.53. The summed E-state index contributed by atoms with van der Waals surface area (Å²) in [6, 6.07) is 1.70. The van der Waals surface area contributed by atoms with E-state index >= 15 is 0 Å². The first-order valence-corrected chi connectivity index (χ1v) is 8.73. The van der Waals surface area contributed by atoms with Crippen LogP contribution < -0.4 is 5.32 Å². The highest BCUT2D eigenvalue weighted by Gasteiger charge is 2.31. The maximum Gasteiger partial charge on any atom is 0.255 e. The zero-order valence-electron chi connectivity index (χ0n) is 13.9. The summed E-state index contributed by atoms with van der Waals surface area (Å²) in [6.07, 6.45) is 2.07. The summed E-state index contributed by atoms with van der Waals surface area (Å²) < 4.78 is 26.5. The molecule has 2 aliphatic rings. The van der Waals surface area contributed by atoms with Crippen molar-refractivity contribution < 1.29 is 18.4 Å². The molecule has 1 aromatic rings. The zero-order valence-corrected chi connectivity index (χ0v) is 14.7. The van der Waals surface area contributed by atoms with Gasteiger partial charge in [0, 0.05) is 32.2 Å². The molecule has 0 bridgehead atoms. The van der Waals surface area contributed by atoms with Crippen LogP contribution in [0.1, 0.15) is 30.1 Å². The third kappa shape index (κ3) is 4.10. The van der Waals surface area contributed by atoms with E-state index in [1.165, 1.54) is 0 Å². The summed E-state index contributed by atoms with van der Waals surface area (Å²) in [6.45, 7) is 3.71. The van der Waals surface area contributed by atoms with Crippen LogP contribution in [0.15, 0.2) is 12.1 Å². The Balaban J connectivity index is 1.59. The first-order valence-electron chi connectivity index (χ1n) is 8.35. The number of hydrogen-bond acceptors (Lipinski definition) is 3. The van der Waals surface area contributed by atoms with E-state index in [1.807, 2.05) is 11.8 Å². The van der Waals surface area contributed by atoms with Crippen molar-refractivity contribution in [3.63, 3.8) is 0 Å². The molecule has 8 heteroatoms. The van der Waals surface area contributed by atoms with Gasteiger partial charge in [0.2, 0.25) is 5.91 Å². The van der Waals surface area contributed by atoms with Crippen molar-refractivity contribution in [1.82, 2.24) is 15.1 Å². The number of nitrogens with one attached hydrogen (secondary N) is 1. The number of benzene rings is 1. The Morgan fingerprint density at radius 3 is 2.36 bits per heavy atom. The first kappa shape index (κ1) is 18.1. The SMILES string of the molecule is CC(C(=O)NC1CC1)N1CCN(C(=O)c2cc(F)c(F)cc2Cl)CC1. The Morgan fingerprint density at radius 1 is 1.16 bits per heavy atom. The highest BCUT2D eigenvalue weighted by Crippen LogP contribution is 2.23. The fourth-order valence-electron chi connectivity index (χ4n) is 2.88. The average molecular weight is 372 g/mol. The van der Waals surface area contributed by atoms with E-state index in [0.29, 0.717) is 32.2 Å². The van der Waals surface area contributed by atoms with E-state index in [2.05, 4.69) is 5.32 Å². The van der Waals surface area contributed by atoms with Gasteiger partial charge >= 0.3 is 0 Å². The molecule has 5 nitrogen and oxygen atoms in total. The molecule has 1 saturated heterocycles. The summed E-state index contributed by atoms with van der Waals surface area (Å²) in [5, 5.41) is 2.87. The second kappa shape index (κ2) is 7.25. The van der Waals surface area contributed by atoms with Gasteiger partial charge in [0.05, 0.1) is 16.6 Å².